The molecule has 1 heterocycles. The van der Waals surface area contributed by atoms with Crippen LogP contribution in [0.2, 0.25) is 0 Å². The van der Waals surface area contributed by atoms with Crippen molar-refractivity contribution in [1.29, 1.82) is 0 Å². The van der Waals surface area contributed by atoms with Crippen LogP contribution in [0.4, 0.5) is 4.39 Å². The van der Waals surface area contributed by atoms with E-state index in [4.69, 9.17) is 0 Å². The molecule has 0 unspecified atom stereocenters. The summed E-state index contributed by atoms with van der Waals surface area (Å²) in [4.78, 5) is 4.49. The number of H-pyrrole nitrogens is 1. The summed E-state index contributed by atoms with van der Waals surface area (Å²) in [6.07, 6.45) is 0.761. The summed E-state index contributed by atoms with van der Waals surface area (Å²) in [6, 6.07) is 12.9. The van der Waals surface area contributed by atoms with Crippen molar-refractivity contribution in [3.05, 3.63) is 76.0 Å². The van der Waals surface area contributed by atoms with Crippen LogP contribution in [0.3, 0.4) is 0 Å². The summed E-state index contributed by atoms with van der Waals surface area (Å²) in [7, 11) is -3.61. The highest BCUT2D eigenvalue weighted by Gasteiger charge is 2.16. The number of nitrogens with one attached hydrogen (secondary N) is 2. The van der Waals surface area contributed by atoms with E-state index in [1.54, 1.807) is 30.3 Å². The number of benzene rings is 2. The second-order valence-electron chi connectivity index (χ2n) is 5.58. The molecule has 3 aromatic rings. The van der Waals surface area contributed by atoms with Crippen LogP contribution < -0.4 is 4.72 Å². The van der Waals surface area contributed by atoms with Gasteiger partial charge in [0.15, 0.2) is 5.82 Å². The van der Waals surface area contributed by atoms with Crippen molar-refractivity contribution in [3.8, 4) is 0 Å². The maximum absolute atomic E-state index is 13.2. The standard InChI is InChI=1S/C17H16BrFN4O2S/c18-14-6-1-2-7-15(14)26(24,25)20-9-8-16-21-17(23-22-16)11-12-4-3-5-13(19)10-12/h1-7,10,20H,8-9,11H2,(H,21,22,23). The zero-order chi connectivity index (χ0) is 18.6. The van der Waals surface area contributed by atoms with Gasteiger partial charge in [0.2, 0.25) is 10.0 Å². The van der Waals surface area contributed by atoms with E-state index < -0.39 is 10.0 Å². The van der Waals surface area contributed by atoms with Crippen LogP contribution >= 0.6 is 15.9 Å². The number of halogens is 2. The Labute approximate surface area is 159 Å². The molecule has 0 saturated heterocycles. The molecule has 0 aliphatic heterocycles. The SMILES string of the molecule is O=S(=O)(NCCc1n[nH]c(Cc2cccc(F)c2)n1)c1ccccc1Br. The average Bonchev–Trinajstić information content (AvgIpc) is 3.02. The summed E-state index contributed by atoms with van der Waals surface area (Å²) >= 11 is 3.23. The lowest BCUT2D eigenvalue weighted by atomic mass is 10.1. The van der Waals surface area contributed by atoms with Crippen LogP contribution in [0.1, 0.15) is 17.2 Å². The number of nitrogens with zero attached hydrogens (tertiary/aromatic N) is 2. The van der Waals surface area contributed by atoms with Gasteiger partial charge in [0, 0.05) is 23.9 Å². The Morgan fingerprint density at radius 2 is 1.96 bits per heavy atom. The van der Waals surface area contributed by atoms with Crippen molar-refractivity contribution in [2.24, 2.45) is 0 Å². The first-order valence-corrected chi connectivity index (χ1v) is 10.1. The molecule has 1 aromatic heterocycles. The lowest BCUT2D eigenvalue weighted by molar-refractivity contribution is 0.580. The van der Waals surface area contributed by atoms with E-state index in [0.717, 1.165) is 5.56 Å². The summed E-state index contributed by atoms with van der Waals surface area (Å²) in [6.45, 7) is 0.168. The van der Waals surface area contributed by atoms with E-state index in [9.17, 15) is 12.8 Å². The quantitative estimate of drug-likeness (QED) is 0.593. The number of rotatable bonds is 7. The third-order valence-electron chi connectivity index (χ3n) is 3.61. The van der Waals surface area contributed by atoms with Crippen molar-refractivity contribution < 1.29 is 12.8 Å². The van der Waals surface area contributed by atoms with Crippen molar-refractivity contribution in [2.75, 3.05) is 6.54 Å². The lowest BCUT2D eigenvalue weighted by Crippen LogP contribution is -2.26. The Bertz CT molecular complexity index is 1010. The molecule has 6 nitrogen and oxygen atoms in total. The Balaban J connectivity index is 1.58. The molecule has 0 fully saturated rings. The molecule has 0 bridgehead atoms. The smallest absolute Gasteiger partial charge is 0.241 e. The minimum atomic E-state index is -3.61. The van der Waals surface area contributed by atoms with E-state index in [1.165, 1.54) is 18.2 Å². The van der Waals surface area contributed by atoms with Crippen molar-refractivity contribution in [1.82, 2.24) is 19.9 Å². The molecule has 9 heteroatoms. The van der Waals surface area contributed by atoms with Crippen LogP contribution in [0, 0.1) is 5.82 Å². The topological polar surface area (TPSA) is 87.7 Å². The Morgan fingerprint density at radius 3 is 2.73 bits per heavy atom. The first kappa shape index (κ1) is 18.7. The molecule has 0 aliphatic rings. The molecule has 26 heavy (non-hydrogen) atoms. The number of aromatic amines is 1. The monoisotopic (exact) mass is 438 g/mol. The third-order valence-corrected chi connectivity index (χ3v) is 6.08. The van der Waals surface area contributed by atoms with Gasteiger partial charge in [0.25, 0.3) is 0 Å². The molecular formula is C17H16BrFN4O2S. The summed E-state index contributed by atoms with van der Waals surface area (Å²) < 4.78 is 40.8. The van der Waals surface area contributed by atoms with Crippen LogP contribution in [-0.2, 0) is 22.9 Å². The number of aromatic nitrogens is 3. The average molecular weight is 439 g/mol. The molecule has 0 atom stereocenters. The fourth-order valence-corrected chi connectivity index (χ4v) is 4.44. The van der Waals surface area contributed by atoms with E-state index in [2.05, 4.69) is 35.8 Å². The van der Waals surface area contributed by atoms with Crippen LogP contribution in [-0.4, -0.2) is 30.1 Å². The molecule has 0 saturated carbocycles. The number of hydrogen-bond donors (Lipinski definition) is 2. The molecule has 3 rings (SSSR count). The normalized spacial score (nSPS) is 11.6. The van der Waals surface area contributed by atoms with Crippen LogP contribution in [0.25, 0.3) is 0 Å². The van der Waals surface area contributed by atoms with E-state index >= 15 is 0 Å². The molecule has 136 valence electrons. The van der Waals surface area contributed by atoms with Gasteiger partial charge in [0.05, 0.1) is 4.90 Å². The van der Waals surface area contributed by atoms with Crippen molar-refractivity contribution >= 4 is 26.0 Å². The fourth-order valence-electron chi connectivity index (χ4n) is 2.40. The molecule has 0 radical (unpaired) electrons. The zero-order valence-electron chi connectivity index (χ0n) is 13.6. The Hall–Kier alpha value is -2.10. The summed E-state index contributed by atoms with van der Waals surface area (Å²) in [5.74, 6) is 0.786. The van der Waals surface area contributed by atoms with Crippen molar-refractivity contribution in [3.63, 3.8) is 0 Å². The van der Waals surface area contributed by atoms with E-state index in [0.29, 0.717) is 29.0 Å². The first-order valence-electron chi connectivity index (χ1n) is 7.83. The van der Waals surface area contributed by atoms with Crippen LogP contribution in [0.15, 0.2) is 57.9 Å². The minimum absolute atomic E-state index is 0.168. The van der Waals surface area contributed by atoms with E-state index in [1.807, 2.05) is 0 Å². The van der Waals surface area contributed by atoms with Gasteiger partial charge < -0.3 is 0 Å². The van der Waals surface area contributed by atoms with Crippen molar-refractivity contribution in [2.45, 2.75) is 17.7 Å². The van der Waals surface area contributed by atoms with Gasteiger partial charge in [-0.3, -0.25) is 5.10 Å². The Kier molecular flexibility index (Phi) is 5.80. The van der Waals surface area contributed by atoms with Gasteiger partial charge in [-0.2, -0.15) is 5.10 Å². The maximum atomic E-state index is 13.2. The van der Waals surface area contributed by atoms with Gasteiger partial charge in [-0.25, -0.2) is 22.5 Å². The van der Waals surface area contributed by atoms with Gasteiger partial charge in [-0.1, -0.05) is 24.3 Å². The number of hydrogen-bond acceptors (Lipinski definition) is 4. The highest BCUT2D eigenvalue weighted by atomic mass is 79.9. The summed E-state index contributed by atoms with van der Waals surface area (Å²) in [5, 5.41) is 6.86. The second-order valence-corrected chi connectivity index (χ2v) is 8.17. The molecule has 0 aliphatic carbocycles. The predicted molar refractivity (Wildman–Crippen MR) is 98.6 cm³/mol. The highest BCUT2D eigenvalue weighted by molar-refractivity contribution is 9.10. The first-order chi connectivity index (χ1) is 12.4. The third kappa shape index (κ3) is 4.75. The molecular weight excluding hydrogens is 423 g/mol. The highest BCUT2D eigenvalue weighted by Crippen LogP contribution is 2.20. The fraction of sp³-hybridized carbons (Fsp3) is 0.176. The largest absolute Gasteiger partial charge is 0.263 e. The number of sulfonamides is 1. The zero-order valence-corrected chi connectivity index (χ0v) is 16.0. The summed E-state index contributed by atoms with van der Waals surface area (Å²) in [5.41, 5.74) is 0.780. The van der Waals surface area contributed by atoms with Crippen LogP contribution in [0.5, 0.6) is 0 Å². The van der Waals surface area contributed by atoms with E-state index in [-0.39, 0.29) is 17.3 Å². The Morgan fingerprint density at radius 1 is 1.15 bits per heavy atom. The molecule has 2 aromatic carbocycles. The van der Waals surface area contributed by atoms with Gasteiger partial charge in [0.1, 0.15) is 11.6 Å². The van der Waals surface area contributed by atoms with Gasteiger partial charge in [-0.15, -0.1) is 0 Å². The lowest BCUT2D eigenvalue weighted by Gasteiger charge is -2.07. The molecule has 0 spiro atoms. The maximum Gasteiger partial charge on any atom is 0.241 e. The predicted octanol–water partition coefficient (Wildman–Crippen LogP) is 2.82. The van der Waals surface area contributed by atoms with Gasteiger partial charge in [-0.05, 0) is 45.8 Å². The van der Waals surface area contributed by atoms with Gasteiger partial charge >= 0.3 is 0 Å². The molecule has 2 N–H and O–H groups in total. The minimum Gasteiger partial charge on any atom is -0.263 e. The second kappa shape index (κ2) is 8.07. The molecule has 0 amide bonds.